The van der Waals surface area contributed by atoms with Crippen LogP contribution in [0.2, 0.25) is 5.02 Å². The first-order valence-corrected chi connectivity index (χ1v) is 11.5. The number of piperidine rings is 1. The average molecular weight is 488 g/mol. The molecule has 9 nitrogen and oxygen atoms in total. The number of aliphatic hydroxyl groups is 1. The van der Waals surface area contributed by atoms with E-state index in [1.54, 1.807) is 34.9 Å². The number of benzene rings is 2. The highest BCUT2D eigenvalue weighted by Gasteiger charge is 2.37. The molecule has 2 aliphatic heterocycles. The smallest absolute Gasteiger partial charge is 0.342 e. The molecular weight excluding hydrogens is 470 g/mol. The second kappa shape index (κ2) is 7.75. The molecule has 0 unspecified atom stereocenters. The maximum Gasteiger partial charge on any atom is 0.342 e. The molecular formula is C22H18ClN3O6S. The van der Waals surface area contributed by atoms with Gasteiger partial charge in [0.05, 0.1) is 32.3 Å². The van der Waals surface area contributed by atoms with Gasteiger partial charge in [-0.25, -0.2) is 4.79 Å². The summed E-state index contributed by atoms with van der Waals surface area (Å²) in [6.45, 7) is 0.731. The van der Waals surface area contributed by atoms with Gasteiger partial charge < -0.3 is 19.7 Å². The predicted molar refractivity (Wildman–Crippen MR) is 124 cm³/mol. The SMILES string of the molecule is O=C(O)c1c2n(c3cc(N4CCC(O)(c5ccc(Cl)cc5)CC4)c([N+](=O)[O-])cc3c1=O)CS2. The molecule has 170 valence electrons. The first-order chi connectivity index (χ1) is 15.7. The van der Waals surface area contributed by atoms with E-state index < -0.39 is 21.9 Å². The lowest BCUT2D eigenvalue weighted by Gasteiger charge is -2.39. The molecule has 2 aromatic carbocycles. The van der Waals surface area contributed by atoms with E-state index in [9.17, 15) is 29.9 Å². The van der Waals surface area contributed by atoms with Crippen molar-refractivity contribution in [1.82, 2.24) is 4.57 Å². The number of nitro benzene ring substituents is 1. The molecule has 3 heterocycles. The lowest BCUT2D eigenvalue weighted by atomic mass is 9.84. The minimum Gasteiger partial charge on any atom is -0.477 e. The van der Waals surface area contributed by atoms with E-state index >= 15 is 0 Å². The zero-order valence-electron chi connectivity index (χ0n) is 17.2. The minimum absolute atomic E-state index is 0.0154. The van der Waals surface area contributed by atoms with Crippen molar-refractivity contribution in [2.45, 2.75) is 29.3 Å². The average Bonchev–Trinajstić information content (AvgIpc) is 2.75. The molecule has 0 amide bonds. The van der Waals surface area contributed by atoms with Crippen LogP contribution in [0.1, 0.15) is 28.8 Å². The Hall–Kier alpha value is -3.08. The zero-order chi connectivity index (χ0) is 23.5. The molecule has 33 heavy (non-hydrogen) atoms. The van der Waals surface area contributed by atoms with Crippen LogP contribution in [0.25, 0.3) is 10.9 Å². The summed E-state index contributed by atoms with van der Waals surface area (Å²) in [5.74, 6) is -0.887. The monoisotopic (exact) mass is 487 g/mol. The summed E-state index contributed by atoms with van der Waals surface area (Å²) in [5, 5.41) is 33.4. The molecule has 1 aromatic heterocycles. The summed E-state index contributed by atoms with van der Waals surface area (Å²) in [4.78, 5) is 37.6. The molecule has 0 bridgehead atoms. The lowest BCUT2D eigenvalue weighted by molar-refractivity contribution is -0.384. The van der Waals surface area contributed by atoms with E-state index in [-0.39, 0.29) is 16.6 Å². The highest BCUT2D eigenvalue weighted by Crippen LogP contribution is 2.42. The first kappa shape index (κ1) is 21.7. The van der Waals surface area contributed by atoms with E-state index in [2.05, 4.69) is 0 Å². The van der Waals surface area contributed by atoms with Crippen LogP contribution >= 0.6 is 23.4 Å². The number of carbonyl (C=O) groups is 1. The molecule has 1 saturated heterocycles. The third-order valence-corrected chi connectivity index (χ3v) is 7.71. The summed E-state index contributed by atoms with van der Waals surface area (Å²) in [5.41, 5.74) is -0.850. The van der Waals surface area contributed by atoms with Gasteiger partial charge in [-0.2, -0.15) is 0 Å². The minimum atomic E-state index is -1.35. The molecule has 11 heteroatoms. The number of nitrogens with zero attached hydrogens (tertiary/aromatic N) is 3. The van der Waals surface area contributed by atoms with Crippen molar-refractivity contribution in [2.75, 3.05) is 18.0 Å². The van der Waals surface area contributed by atoms with Gasteiger partial charge in [0.15, 0.2) is 0 Å². The lowest BCUT2D eigenvalue weighted by Crippen LogP contribution is -2.43. The molecule has 5 rings (SSSR count). The molecule has 2 aliphatic rings. The Labute approximate surface area is 196 Å². The molecule has 0 radical (unpaired) electrons. The third-order valence-electron chi connectivity index (χ3n) is 6.37. The van der Waals surface area contributed by atoms with Crippen molar-refractivity contribution in [3.63, 3.8) is 0 Å². The van der Waals surface area contributed by atoms with Crippen molar-refractivity contribution >= 4 is 51.6 Å². The number of aromatic nitrogens is 1. The molecule has 0 saturated carbocycles. The Bertz CT molecular complexity index is 1380. The van der Waals surface area contributed by atoms with Crippen molar-refractivity contribution in [1.29, 1.82) is 0 Å². The van der Waals surface area contributed by atoms with E-state index in [1.807, 2.05) is 4.90 Å². The second-order valence-electron chi connectivity index (χ2n) is 8.16. The quantitative estimate of drug-likeness (QED) is 0.420. The van der Waals surface area contributed by atoms with E-state index in [1.165, 1.54) is 17.8 Å². The van der Waals surface area contributed by atoms with Gasteiger partial charge in [-0.1, -0.05) is 35.5 Å². The van der Waals surface area contributed by atoms with Gasteiger partial charge in [0.1, 0.15) is 11.3 Å². The number of hydrogen-bond acceptors (Lipinski definition) is 7. The van der Waals surface area contributed by atoms with Gasteiger partial charge in [-0.05, 0) is 36.6 Å². The van der Waals surface area contributed by atoms with Crippen LogP contribution in [-0.4, -0.2) is 38.8 Å². The van der Waals surface area contributed by atoms with Gasteiger partial charge in [-0.3, -0.25) is 14.9 Å². The molecule has 0 atom stereocenters. The Morgan fingerprint density at radius 1 is 1.18 bits per heavy atom. The molecule has 3 aromatic rings. The van der Waals surface area contributed by atoms with Gasteiger partial charge in [0.25, 0.3) is 5.69 Å². The van der Waals surface area contributed by atoms with Gasteiger partial charge in [-0.15, -0.1) is 0 Å². The highest BCUT2D eigenvalue weighted by molar-refractivity contribution is 7.99. The second-order valence-corrected chi connectivity index (χ2v) is 9.53. The first-order valence-electron chi connectivity index (χ1n) is 10.2. The van der Waals surface area contributed by atoms with Crippen LogP contribution in [0.15, 0.2) is 46.2 Å². The maximum atomic E-state index is 12.8. The van der Waals surface area contributed by atoms with Crippen LogP contribution in [-0.2, 0) is 11.5 Å². The summed E-state index contributed by atoms with van der Waals surface area (Å²) < 4.78 is 1.70. The number of pyridine rings is 1. The van der Waals surface area contributed by atoms with Gasteiger partial charge in [0, 0.05) is 24.2 Å². The van der Waals surface area contributed by atoms with E-state index in [0.717, 1.165) is 5.56 Å². The number of halogens is 1. The van der Waals surface area contributed by atoms with Crippen molar-refractivity contribution in [3.05, 3.63) is 72.9 Å². The van der Waals surface area contributed by atoms with E-state index in [0.29, 0.717) is 53.1 Å². The fourth-order valence-corrected chi connectivity index (χ4v) is 5.61. The van der Waals surface area contributed by atoms with Gasteiger partial charge >= 0.3 is 5.97 Å². The molecule has 0 aliphatic carbocycles. The molecule has 0 spiro atoms. The van der Waals surface area contributed by atoms with Crippen molar-refractivity contribution in [2.24, 2.45) is 0 Å². The topological polar surface area (TPSA) is 126 Å². The number of thioether (sulfide) groups is 1. The number of fused-ring (bicyclic) bond motifs is 3. The maximum absolute atomic E-state index is 12.8. The Morgan fingerprint density at radius 2 is 1.85 bits per heavy atom. The fourth-order valence-electron chi connectivity index (χ4n) is 4.54. The van der Waals surface area contributed by atoms with Crippen LogP contribution in [0.4, 0.5) is 11.4 Å². The van der Waals surface area contributed by atoms with Crippen LogP contribution in [0.3, 0.4) is 0 Å². The van der Waals surface area contributed by atoms with E-state index in [4.69, 9.17) is 11.6 Å². The standard InChI is InChI=1S/C22H18ClN3O6S/c23-13-3-1-12(2-4-13)22(30)5-7-24(8-6-22)16-10-15-14(9-17(16)26(31)32)19(27)18(21(28)29)20-25(15)11-33-20/h1-4,9-10,30H,5-8,11H2,(H,28,29). The number of carboxylic acids is 1. The predicted octanol–water partition coefficient (Wildman–Crippen LogP) is 3.81. The van der Waals surface area contributed by atoms with Gasteiger partial charge in [0.2, 0.25) is 5.43 Å². The number of anilines is 1. The van der Waals surface area contributed by atoms with Crippen molar-refractivity contribution < 1.29 is 19.9 Å². The Morgan fingerprint density at radius 3 is 2.39 bits per heavy atom. The Kier molecular flexibility index (Phi) is 5.11. The number of aromatic carboxylic acids is 1. The summed E-state index contributed by atoms with van der Waals surface area (Å²) in [6.07, 6.45) is 0.714. The summed E-state index contributed by atoms with van der Waals surface area (Å²) in [6, 6.07) is 9.76. The fraction of sp³-hybridized carbons (Fsp3) is 0.273. The van der Waals surface area contributed by atoms with Crippen LogP contribution < -0.4 is 10.3 Å². The van der Waals surface area contributed by atoms with Crippen molar-refractivity contribution in [3.8, 4) is 0 Å². The zero-order valence-corrected chi connectivity index (χ0v) is 18.7. The van der Waals surface area contributed by atoms with Crippen LogP contribution in [0.5, 0.6) is 0 Å². The number of rotatable bonds is 4. The third kappa shape index (κ3) is 3.45. The number of hydrogen-bond donors (Lipinski definition) is 2. The summed E-state index contributed by atoms with van der Waals surface area (Å²) >= 11 is 7.21. The largest absolute Gasteiger partial charge is 0.477 e. The number of carboxylic acid groups (broad SMARTS) is 1. The normalized spacial score (nSPS) is 16.8. The molecule has 2 N–H and O–H groups in total. The molecule has 1 fully saturated rings. The Balaban J connectivity index is 1.56. The van der Waals surface area contributed by atoms with Crippen LogP contribution in [0, 0.1) is 10.1 Å². The summed E-state index contributed by atoms with van der Waals surface area (Å²) in [7, 11) is 0. The highest BCUT2D eigenvalue weighted by atomic mass is 35.5. The number of nitro groups is 1.